The first kappa shape index (κ1) is 16.4. The molecule has 0 saturated heterocycles. The fraction of sp³-hybridized carbons (Fsp3) is 0.222. The smallest absolute Gasteiger partial charge is 0.139 e. The van der Waals surface area contributed by atoms with Crippen molar-refractivity contribution in [2.75, 3.05) is 0 Å². The molecule has 1 aromatic heterocycles. The molecule has 0 N–H and O–H groups in total. The minimum atomic E-state index is -1.10. The number of alkyl halides is 1. The van der Waals surface area contributed by atoms with Crippen molar-refractivity contribution in [1.29, 1.82) is 0 Å². The summed E-state index contributed by atoms with van der Waals surface area (Å²) in [5.41, 5.74) is 4.09. The number of aromatic nitrogens is 1. The number of pyridine rings is 1. The first-order chi connectivity index (χ1) is 10.5. The fourth-order valence-corrected chi connectivity index (χ4v) is 2.29. The zero-order chi connectivity index (χ0) is 16.1. The molecule has 0 amide bonds. The van der Waals surface area contributed by atoms with Gasteiger partial charge in [0.25, 0.3) is 0 Å². The van der Waals surface area contributed by atoms with Crippen molar-refractivity contribution in [3.05, 3.63) is 64.4 Å². The highest BCUT2D eigenvalue weighted by atomic mass is 35.5. The van der Waals surface area contributed by atoms with Gasteiger partial charge in [-0.25, -0.2) is 4.39 Å². The largest absolute Gasteiger partial charge is 0.261 e. The average Bonchev–Trinajstić information content (AvgIpc) is 2.53. The summed E-state index contributed by atoms with van der Waals surface area (Å²) < 4.78 is 13.5. The van der Waals surface area contributed by atoms with Crippen molar-refractivity contribution in [3.63, 3.8) is 0 Å². The molecule has 0 bridgehead atoms. The van der Waals surface area contributed by atoms with Crippen LogP contribution in [0.5, 0.6) is 0 Å². The molecule has 4 heteroatoms. The van der Waals surface area contributed by atoms with Gasteiger partial charge in [0.2, 0.25) is 0 Å². The molecule has 2 nitrogen and oxygen atoms in total. The van der Waals surface area contributed by atoms with E-state index in [2.05, 4.69) is 9.98 Å². The highest BCUT2D eigenvalue weighted by molar-refractivity contribution is 6.30. The maximum atomic E-state index is 13.5. The van der Waals surface area contributed by atoms with Crippen molar-refractivity contribution in [3.8, 4) is 0 Å². The molecule has 1 atom stereocenters. The van der Waals surface area contributed by atoms with Crippen LogP contribution in [-0.4, -0.2) is 11.2 Å². The molecule has 1 unspecified atom stereocenters. The predicted octanol–water partition coefficient (Wildman–Crippen LogP) is 5.74. The van der Waals surface area contributed by atoms with Gasteiger partial charge < -0.3 is 0 Å². The molecule has 0 aliphatic rings. The van der Waals surface area contributed by atoms with Crippen molar-refractivity contribution in [2.24, 2.45) is 4.99 Å². The van der Waals surface area contributed by atoms with E-state index in [1.165, 1.54) is 6.92 Å². The predicted molar refractivity (Wildman–Crippen MR) is 91.9 cm³/mol. The second-order valence-corrected chi connectivity index (χ2v) is 5.39. The van der Waals surface area contributed by atoms with Gasteiger partial charge in [0, 0.05) is 23.0 Å². The van der Waals surface area contributed by atoms with Crippen LogP contribution in [0.25, 0.3) is 11.3 Å². The Hall–Kier alpha value is -2.00. The van der Waals surface area contributed by atoms with Crippen molar-refractivity contribution >= 4 is 29.1 Å². The summed E-state index contributed by atoms with van der Waals surface area (Å²) >= 11 is 5.94. The van der Waals surface area contributed by atoms with Crippen molar-refractivity contribution in [2.45, 2.75) is 26.9 Å². The molecule has 1 aromatic carbocycles. The molecular weight excluding hydrogens is 299 g/mol. The van der Waals surface area contributed by atoms with Crippen LogP contribution in [0.2, 0.25) is 5.02 Å². The summed E-state index contributed by atoms with van der Waals surface area (Å²) in [7, 11) is 0. The quantitative estimate of drug-likeness (QED) is 0.660. The minimum absolute atomic E-state index is 0.424. The molecule has 114 valence electrons. The molecule has 22 heavy (non-hydrogen) atoms. The summed E-state index contributed by atoms with van der Waals surface area (Å²) in [4.78, 5) is 8.53. The summed E-state index contributed by atoms with van der Waals surface area (Å²) in [6, 6.07) is 11.1. The van der Waals surface area contributed by atoms with E-state index in [1.807, 2.05) is 44.2 Å². The van der Waals surface area contributed by atoms with Gasteiger partial charge in [0.05, 0.1) is 11.4 Å². The lowest BCUT2D eigenvalue weighted by molar-refractivity contribution is 0.366. The van der Waals surface area contributed by atoms with Gasteiger partial charge in [0.15, 0.2) is 0 Å². The fourth-order valence-electron chi connectivity index (χ4n) is 2.16. The third-order valence-electron chi connectivity index (χ3n) is 3.35. The lowest BCUT2D eigenvalue weighted by Gasteiger charge is -2.10. The monoisotopic (exact) mass is 316 g/mol. The van der Waals surface area contributed by atoms with Crippen LogP contribution in [0.3, 0.4) is 0 Å². The summed E-state index contributed by atoms with van der Waals surface area (Å²) in [6.45, 7) is 5.32. The van der Waals surface area contributed by atoms with E-state index in [1.54, 1.807) is 18.5 Å². The number of aliphatic imine (C=N–C) groups is 1. The normalized spacial score (nSPS) is 14.0. The Morgan fingerprint density at radius 2 is 1.91 bits per heavy atom. The molecule has 0 aliphatic heterocycles. The number of hydrogen-bond acceptors (Lipinski definition) is 2. The molecular formula is C18H18ClFN2. The second-order valence-electron chi connectivity index (χ2n) is 4.95. The van der Waals surface area contributed by atoms with Gasteiger partial charge in [-0.2, -0.15) is 0 Å². The Morgan fingerprint density at radius 1 is 1.23 bits per heavy atom. The lowest BCUT2D eigenvalue weighted by atomic mass is 10.0. The Morgan fingerprint density at radius 3 is 2.50 bits per heavy atom. The van der Waals surface area contributed by atoms with E-state index in [4.69, 9.17) is 11.6 Å². The van der Waals surface area contributed by atoms with E-state index < -0.39 is 6.17 Å². The van der Waals surface area contributed by atoms with E-state index in [0.29, 0.717) is 10.7 Å². The van der Waals surface area contributed by atoms with Crippen LogP contribution in [0.1, 0.15) is 43.8 Å². The van der Waals surface area contributed by atoms with E-state index in [9.17, 15) is 4.39 Å². The zero-order valence-corrected chi connectivity index (χ0v) is 13.6. The third-order valence-corrected chi connectivity index (χ3v) is 3.60. The zero-order valence-electron chi connectivity index (χ0n) is 12.8. The van der Waals surface area contributed by atoms with Crippen LogP contribution in [-0.2, 0) is 0 Å². The first-order valence-electron chi connectivity index (χ1n) is 7.08. The van der Waals surface area contributed by atoms with Crippen molar-refractivity contribution < 1.29 is 4.39 Å². The highest BCUT2D eigenvalue weighted by Gasteiger charge is 2.10. The number of rotatable bonds is 4. The lowest BCUT2D eigenvalue weighted by Crippen LogP contribution is -1.94. The first-order valence-corrected chi connectivity index (χ1v) is 7.46. The highest BCUT2D eigenvalue weighted by Crippen LogP contribution is 2.29. The second kappa shape index (κ2) is 7.32. The van der Waals surface area contributed by atoms with Gasteiger partial charge in [0.1, 0.15) is 6.17 Å². The SMILES string of the molecule is C/C=N\C(=C(/C)c1ccnc(C(C)F)c1)c1ccc(Cl)cc1. The molecule has 1 heterocycles. The Kier molecular flexibility index (Phi) is 5.45. The van der Waals surface area contributed by atoms with Crippen LogP contribution in [0, 0.1) is 0 Å². The number of hydrogen-bond donors (Lipinski definition) is 0. The third kappa shape index (κ3) is 3.80. The standard InChI is InChI=1S/C18H18ClFN2/c1-4-21-18(14-5-7-16(19)8-6-14)12(2)15-9-10-22-17(11-15)13(3)20/h4-11,13H,1-3H3/b18-12+,21-4-. The Labute approximate surface area is 135 Å². The van der Waals surface area contributed by atoms with Crippen LogP contribution in [0.4, 0.5) is 4.39 Å². The van der Waals surface area contributed by atoms with Gasteiger partial charge in [-0.1, -0.05) is 23.7 Å². The van der Waals surface area contributed by atoms with E-state index in [-0.39, 0.29) is 0 Å². The summed E-state index contributed by atoms with van der Waals surface area (Å²) in [6.07, 6.45) is 2.27. The van der Waals surface area contributed by atoms with E-state index in [0.717, 1.165) is 22.4 Å². The molecule has 2 aromatic rings. The molecule has 0 fully saturated rings. The molecule has 2 rings (SSSR count). The topological polar surface area (TPSA) is 25.2 Å². The Balaban J connectivity index is 2.55. The minimum Gasteiger partial charge on any atom is -0.261 e. The number of halogens is 2. The molecule has 0 saturated carbocycles. The summed E-state index contributed by atoms with van der Waals surface area (Å²) in [5.74, 6) is 0. The van der Waals surface area contributed by atoms with Gasteiger partial charge >= 0.3 is 0 Å². The maximum absolute atomic E-state index is 13.5. The van der Waals surface area contributed by atoms with Crippen molar-refractivity contribution in [1.82, 2.24) is 4.98 Å². The van der Waals surface area contributed by atoms with Crippen LogP contribution in [0.15, 0.2) is 47.6 Å². The summed E-state index contributed by atoms with van der Waals surface area (Å²) in [5, 5.41) is 0.679. The van der Waals surface area contributed by atoms with Crippen LogP contribution < -0.4 is 0 Å². The Bertz CT molecular complexity index is 703. The van der Waals surface area contributed by atoms with E-state index >= 15 is 0 Å². The van der Waals surface area contributed by atoms with Gasteiger partial charge in [-0.15, -0.1) is 0 Å². The van der Waals surface area contributed by atoms with Gasteiger partial charge in [-0.05, 0) is 56.2 Å². The van der Waals surface area contributed by atoms with Crippen LogP contribution >= 0.6 is 11.6 Å². The molecule has 0 spiro atoms. The number of allylic oxidation sites excluding steroid dienone is 1. The number of benzene rings is 1. The average molecular weight is 317 g/mol. The molecule has 0 radical (unpaired) electrons. The van der Waals surface area contributed by atoms with Gasteiger partial charge in [-0.3, -0.25) is 9.98 Å². The maximum Gasteiger partial charge on any atom is 0.139 e. The molecule has 0 aliphatic carbocycles. The number of nitrogens with zero attached hydrogens (tertiary/aromatic N) is 2.